The van der Waals surface area contributed by atoms with Crippen LogP contribution in [0.5, 0.6) is 0 Å². The number of rotatable bonds is 2. The van der Waals surface area contributed by atoms with Crippen molar-refractivity contribution >= 4 is 36.4 Å². The third-order valence-corrected chi connectivity index (χ3v) is 3.35. The highest BCUT2D eigenvalue weighted by Gasteiger charge is 2.16. The second kappa shape index (κ2) is 8.17. The van der Waals surface area contributed by atoms with Crippen molar-refractivity contribution in [3.05, 3.63) is 34.9 Å². The van der Waals surface area contributed by atoms with Crippen LogP contribution in [0.2, 0.25) is 5.02 Å². The molecule has 5 heteroatoms. The van der Waals surface area contributed by atoms with Gasteiger partial charge in [-0.2, -0.15) is 0 Å². The van der Waals surface area contributed by atoms with Crippen LogP contribution >= 0.6 is 36.4 Å². The highest BCUT2D eigenvalue weighted by Crippen LogP contribution is 2.19. The van der Waals surface area contributed by atoms with Crippen molar-refractivity contribution in [2.24, 2.45) is 5.73 Å². The minimum absolute atomic E-state index is 0. The molecule has 0 radical (unpaired) electrons. The van der Waals surface area contributed by atoms with Gasteiger partial charge in [0.15, 0.2) is 0 Å². The maximum absolute atomic E-state index is 6.12. The molecule has 2 nitrogen and oxygen atoms in total. The molecule has 98 valence electrons. The third kappa shape index (κ3) is 5.02. The SMILES string of the molecule is Cl.Cl.NC1CCN(Cc2ccccc2Cl)CC1. The van der Waals surface area contributed by atoms with Crippen LogP contribution in [-0.4, -0.2) is 24.0 Å². The van der Waals surface area contributed by atoms with Gasteiger partial charge in [-0.25, -0.2) is 0 Å². The molecule has 1 aliphatic rings. The Morgan fingerprint density at radius 2 is 1.76 bits per heavy atom. The highest BCUT2D eigenvalue weighted by atomic mass is 35.5. The van der Waals surface area contributed by atoms with Gasteiger partial charge in [-0.1, -0.05) is 29.8 Å². The molecule has 0 aliphatic carbocycles. The van der Waals surface area contributed by atoms with Crippen molar-refractivity contribution in [1.82, 2.24) is 4.90 Å². The molecule has 1 heterocycles. The van der Waals surface area contributed by atoms with E-state index in [1.165, 1.54) is 5.56 Å². The number of nitrogens with zero attached hydrogens (tertiary/aromatic N) is 1. The van der Waals surface area contributed by atoms with Crippen molar-refractivity contribution in [2.75, 3.05) is 13.1 Å². The first-order valence-electron chi connectivity index (χ1n) is 5.47. The summed E-state index contributed by atoms with van der Waals surface area (Å²) >= 11 is 6.12. The molecular weight excluding hydrogens is 279 g/mol. The maximum Gasteiger partial charge on any atom is 0.0451 e. The summed E-state index contributed by atoms with van der Waals surface area (Å²) in [5, 5.41) is 0.868. The number of benzene rings is 1. The van der Waals surface area contributed by atoms with Crippen molar-refractivity contribution in [3.63, 3.8) is 0 Å². The number of piperidine rings is 1. The van der Waals surface area contributed by atoms with Gasteiger partial charge in [0.25, 0.3) is 0 Å². The van der Waals surface area contributed by atoms with Crippen LogP contribution in [0.1, 0.15) is 18.4 Å². The molecule has 1 saturated heterocycles. The van der Waals surface area contributed by atoms with E-state index in [0.717, 1.165) is 37.5 Å². The van der Waals surface area contributed by atoms with Gasteiger partial charge in [0.2, 0.25) is 0 Å². The van der Waals surface area contributed by atoms with Gasteiger partial charge in [0, 0.05) is 17.6 Å². The zero-order chi connectivity index (χ0) is 10.7. The second-order valence-corrected chi connectivity index (χ2v) is 4.61. The molecule has 1 aromatic carbocycles. The lowest BCUT2D eigenvalue weighted by molar-refractivity contribution is 0.205. The van der Waals surface area contributed by atoms with E-state index in [0.29, 0.717) is 6.04 Å². The Morgan fingerprint density at radius 1 is 1.18 bits per heavy atom. The van der Waals surface area contributed by atoms with Crippen molar-refractivity contribution in [2.45, 2.75) is 25.4 Å². The minimum Gasteiger partial charge on any atom is -0.328 e. The van der Waals surface area contributed by atoms with Crippen LogP contribution in [0, 0.1) is 0 Å². The summed E-state index contributed by atoms with van der Waals surface area (Å²) < 4.78 is 0. The van der Waals surface area contributed by atoms with E-state index in [4.69, 9.17) is 17.3 Å². The Bertz CT molecular complexity index is 325. The molecule has 0 aromatic heterocycles. The Morgan fingerprint density at radius 3 is 2.35 bits per heavy atom. The lowest BCUT2D eigenvalue weighted by Gasteiger charge is -2.30. The van der Waals surface area contributed by atoms with E-state index in [1.807, 2.05) is 18.2 Å². The zero-order valence-corrected chi connectivity index (χ0v) is 12.0. The third-order valence-electron chi connectivity index (χ3n) is 2.98. The average molecular weight is 298 g/mol. The smallest absolute Gasteiger partial charge is 0.0451 e. The monoisotopic (exact) mass is 296 g/mol. The van der Waals surface area contributed by atoms with Gasteiger partial charge in [-0.3, -0.25) is 4.90 Å². The highest BCUT2D eigenvalue weighted by molar-refractivity contribution is 6.31. The van der Waals surface area contributed by atoms with Gasteiger partial charge < -0.3 is 5.73 Å². The van der Waals surface area contributed by atoms with E-state index in [1.54, 1.807) is 0 Å². The van der Waals surface area contributed by atoms with Gasteiger partial charge in [-0.05, 0) is 37.6 Å². The van der Waals surface area contributed by atoms with E-state index >= 15 is 0 Å². The first-order valence-corrected chi connectivity index (χ1v) is 5.85. The summed E-state index contributed by atoms with van der Waals surface area (Å²) in [6.45, 7) is 3.13. The summed E-state index contributed by atoms with van der Waals surface area (Å²) in [6.07, 6.45) is 2.20. The molecule has 2 N–H and O–H groups in total. The van der Waals surface area contributed by atoms with Gasteiger partial charge in [-0.15, -0.1) is 24.8 Å². The predicted molar refractivity (Wildman–Crippen MR) is 78.4 cm³/mol. The molecule has 0 amide bonds. The Hall–Kier alpha value is 0.01000. The van der Waals surface area contributed by atoms with Crippen molar-refractivity contribution in [3.8, 4) is 0 Å². The number of hydrogen-bond acceptors (Lipinski definition) is 2. The normalized spacial score (nSPS) is 17.1. The van der Waals surface area contributed by atoms with Gasteiger partial charge in [0.1, 0.15) is 0 Å². The first-order chi connectivity index (χ1) is 7.25. The number of halogens is 3. The van der Waals surface area contributed by atoms with Crippen LogP contribution in [0.3, 0.4) is 0 Å². The van der Waals surface area contributed by atoms with Crippen molar-refractivity contribution in [1.29, 1.82) is 0 Å². The summed E-state index contributed by atoms with van der Waals surface area (Å²) in [7, 11) is 0. The van der Waals surface area contributed by atoms with E-state index < -0.39 is 0 Å². The zero-order valence-electron chi connectivity index (χ0n) is 9.64. The molecule has 0 atom stereocenters. The molecule has 2 rings (SSSR count). The Kier molecular flexibility index (Phi) is 8.18. The predicted octanol–water partition coefficient (Wildman–Crippen LogP) is 3.11. The molecule has 0 saturated carbocycles. The fourth-order valence-electron chi connectivity index (χ4n) is 1.98. The topological polar surface area (TPSA) is 29.3 Å². The fraction of sp³-hybridized carbons (Fsp3) is 0.500. The number of nitrogens with two attached hydrogens (primary N) is 1. The molecule has 1 aliphatic heterocycles. The molecule has 0 unspecified atom stereocenters. The largest absolute Gasteiger partial charge is 0.328 e. The molecule has 1 aromatic rings. The molecule has 17 heavy (non-hydrogen) atoms. The van der Waals surface area contributed by atoms with Crippen LogP contribution in [-0.2, 0) is 6.54 Å². The molecule has 1 fully saturated rings. The van der Waals surface area contributed by atoms with Crippen LogP contribution in [0.4, 0.5) is 0 Å². The minimum atomic E-state index is 0. The Balaban J connectivity index is 0.00000128. The Labute approximate surface area is 120 Å². The number of likely N-dealkylation sites (tertiary alicyclic amines) is 1. The van der Waals surface area contributed by atoms with Crippen LogP contribution < -0.4 is 5.73 Å². The van der Waals surface area contributed by atoms with Crippen LogP contribution in [0.25, 0.3) is 0 Å². The van der Waals surface area contributed by atoms with E-state index in [-0.39, 0.29) is 24.8 Å². The molecule has 0 spiro atoms. The van der Waals surface area contributed by atoms with E-state index in [9.17, 15) is 0 Å². The van der Waals surface area contributed by atoms with Crippen molar-refractivity contribution < 1.29 is 0 Å². The quantitative estimate of drug-likeness (QED) is 0.909. The van der Waals surface area contributed by atoms with Crippen LogP contribution in [0.15, 0.2) is 24.3 Å². The lowest BCUT2D eigenvalue weighted by Crippen LogP contribution is -2.39. The van der Waals surface area contributed by atoms with E-state index in [2.05, 4.69) is 11.0 Å². The summed E-state index contributed by atoms with van der Waals surface area (Å²) in [5.74, 6) is 0. The maximum atomic E-state index is 6.12. The summed E-state index contributed by atoms with van der Waals surface area (Å²) in [6, 6.07) is 8.45. The summed E-state index contributed by atoms with van der Waals surface area (Å²) in [4.78, 5) is 2.42. The second-order valence-electron chi connectivity index (χ2n) is 4.20. The van der Waals surface area contributed by atoms with Gasteiger partial charge in [0.05, 0.1) is 0 Å². The fourth-order valence-corrected chi connectivity index (χ4v) is 2.17. The lowest BCUT2D eigenvalue weighted by atomic mass is 10.1. The van der Waals surface area contributed by atoms with Gasteiger partial charge >= 0.3 is 0 Å². The first kappa shape index (κ1) is 17.0. The number of hydrogen-bond donors (Lipinski definition) is 1. The molecule has 0 bridgehead atoms. The average Bonchev–Trinajstić information content (AvgIpc) is 2.25. The molecular formula is C12H19Cl3N2. The standard InChI is InChI=1S/C12H17ClN2.2ClH/c13-12-4-2-1-3-10(12)9-15-7-5-11(14)6-8-15;;/h1-4,11H,5-9,14H2;2*1H. The summed E-state index contributed by atoms with van der Waals surface area (Å²) in [5.41, 5.74) is 7.08.